The molecule has 0 aliphatic heterocycles. The SMILES string of the molecule is COc1c(-c2ccccc2C)oc2cc(O)cc(O)c2c1=O. The average molecular weight is 298 g/mol. The van der Waals surface area contributed by atoms with Crippen LogP contribution in [0.4, 0.5) is 0 Å². The van der Waals surface area contributed by atoms with Gasteiger partial charge in [-0.3, -0.25) is 4.79 Å². The lowest BCUT2D eigenvalue weighted by Crippen LogP contribution is -2.08. The quantitative estimate of drug-likeness (QED) is 0.759. The Kier molecular flexibility index (Phi) is 3.25. The molecule has 5 heteroatoms. The largest absolute Gasteiger partial charge is 0.508 e. The van der Waals surface area contributed by atoms with Crippen molar-refractivity contribution in [1.29, 1.82) is 0 Å². The molecule has 3 aromatic rings. The van der Waals surface area contributed by atoms with E-state index in [0.29, 0.717) is 5.56 Å². The monoisotopic (exact) mass is 298 g/mol. The second-order valence-electron chi connectivity index (χ2n) is 4.95. The first-order chi connectivity index (χ1) is 10.5. The lowest BCUT2D eigenvalue weighted by Gasteiger charge is -2.11. The molecule has 0 unspecified atom stereocenters. The fourth-order valence-electron chi connectivity index (χ4n) is 2.46. The molecular formula is C17H14O5. The van der Waals surface area contributed by atoms with Gasteiger partial charge < -0.3 is 19.4 Å². The summed E-state index contributed by atoms with van der Waals surface area (Å²) in [5, 5.41) is 19.5. The molecular weight excluding hydrogens is 284 g/mol. The van der Waals surface area contributed by atoms with Crippen molar-refractivity contribution in [3.8, 4) is 28.6 Å². The zero-order valence-electron chi connectivity index (χ0n) is 12.1. The van der Waals surface area contributed by atoms with Gasteiger partial charge in [0.1, 0.15) is 22.5 Å². The van der Waals surface area contributed by atoms with Gasteiger partial charge in [-0.05, 0) is 12.5 Å². The molecule has 3 rings (SSSR count). The molecule has 0 saturated carbocycles. The Morgan fingerprint density at radius 3 is 2.55 bits per heavy atom. The van der Waals surface area contributed by atoms with Gasteiger partial charge in [0.2, 0.25) is 11.2 Å². The van der Waals surface area contributed by atoms with Crippen LogP contribution in [0.25, 0.3) is 22.3 Å². The van der Waals surface area contributed by atoms with Crippen LogP contribution in [0.3, 0.4) is 0 Å². The Hall–Kier alpha value is -2.95. The van der Waals surface area contributed by atoms with Crippen molar-refractivity contribution in [3.05, 3.63) is 52.2 Å². The van der Waals surface area contributed by atoms with Crippen LogP contribution in [0.15, 0.2) is 45.6 Å². The van der Waals surface area contributed by atoms with Crippen molar-refractivity contribution in [2.45, 2.75) is 6.92 Å². The molecule has 0 spiro atoms. The molecule has 2 N–H and O–H groups in total. The zero-order valence-corrected chi connectivity index (χ0v) is 12.1. The Morgan fingerprint density at radius 1 is 1.14 bits per heavy atom. The van der Waals surface area contributed by atoms with Gasteiger partial charge in [0.15, 0.2) is 5.76 Å². The molecule has 5 nitrogen and oxygen atoms in total. The maximum atomic E-state index is 12.6. The number of fused-ring (bicyclic) bond motifs is 1. The van der Waals surface area contributed by atoms with E-state index in [9.17, 15) is 15.0 Å². The van der Waals surface area contributed by atoms with Crippen molar-refractivity contribution in [2.24, 2.45) is 0 Å². The summed E-state index contributed by atoms with van der Waals surface area (Å²) in [6, 6.07) is 9.78. The van der Waals surface area contributed by atoms with Crippen molar-refractivity contribution < 1.29 is 19.4 Å². The van der Waals surface area contributed by atoms with Crippen molar-refractivity contribution >= 4 is 11.0 Å². The van der Waals surface area contributed by atoms with Gasteiger partial charge in [-0.15, -0.1) is 0 Å². The molecule has 1 aromatic heterocycles. The predicted octanol–water partition coefficient (Wildman–Crippen LogP) is 3.19. The molecule has 0 fully saturated rings. The molecule has 0 aliphatic carbocycles. The van der Waals surface area contributed by atoms with Crippen LogP contribution in [0, 0.1) is 6.92 Å². The highest BCUT2D eigenvalue weighted by Crippen LogP contribution is 2.36. The van der Waals surface area contributed by atoms with Crippen molar-refractivity contribution in [1.82, 2.24) is 0 Å². The molecule has 1 heterocycles. The summed E-state index contributed by atoms with van der Waals surface area (Å²) in [6.45, 7) is 1.89. The van der Waals surface area contributed by atoms with Gasteiger partial charge in [0, 0.05) is 17.7 Å². The summed E-state index contributed by atoms with van der Waals surface area (Å²) in [6.07, 6.45) is 0. The van der Waals surface area contributed by atoms with E-state index < -0.39 is 5.43 Å². The highest BCUT2D eigenvalue weighted by atomic mass is 16.5. The van der Waals surface area contributed by atoms with E-state index in [-0.39, 0.29) is 34.0 Å². The minimum Gasteiger partial charge on any atom is -0.508 e. The number of ether oxygens (including phenoxy) is 1. The highest BCUT2D eigenvalue weighted by molar-refractivity contribution is 5.88. The first-order valence-corrected chi connectivity index (χ1v) is 6.65. The van der Waals surface area contributed by atoms with E-state index in [1.165, 1.54) is 13.2 Å². The number of benzene rings is 2. The summed E-state index contributed by atoms with van der Waals surface area (Å²) < 4.78 is 10.9. The van der Waals surface area contributed by atoms with Gasteiger partial charge >= 0.3 is 0 Å². The number of methoxy groups -OCH3 is 1. The summed E-state index contributed by atoms with van der Waals surface area (Å²) in [7, 11) is 1.37. The number of aryl methyl sites for hydroxylation is 1. The smallest absolute Gasteiger partial charge is 0.239 e. The first kappa shape index (κ1) is 14.0. The number of aromatic hydroxyl groups is 2. The lowest BCUT2D eigenvalue weighted by atomic mass is 10.0. The van der Waals surface area contributed by atoms with Gasteiger partial charge in [-0.2, -0.15) is 0 Å². The van der Waals surface area contributed by atoms with E-state index in [1.807, 2.05) is 31.2 Å². The molecule has 0 aliphatic rings. The van der Waals surface area contributed by atoms with Crippen LogP contribution in [0.2, 0.25) is 0 Å². The summed E-state index contributed by atoms with van der Waals surface area (Å²) in [5.41, 5.74) is 1.23. The number of hydrogen-bond donors (Lipinski definition) is 2. The second-order valence-corrected chi connectivity index (χ2v) is 4.95. The normalized spacial score (nSPS) is 10.8. The number of hydrogen-bond acceptors (Lipinski definition) is 5. The standard InChI is InChI=1S/C17H14O5/c1-9-5-3-4-6-11(9)16-17(21-2)15(20)14-12(19)7-10(18)8-13(14)22-16/h3-8,18-19H,1-2H3. The first-order valence-electron chi connectivity index (χ1n) is 6.65. The summed E-state index contributed by atoms with van der Waals surface area (Å²) in [4.78, 5) is 12.6. The van der Waals surface area contributed by atoms with E-state index in [2.05, 4.69) is 0 Å². The van der Waals surface area contributed by atoms with Crippen LogP contribution in [-0.2, 0) is 0 Å². The minimum atomic E-state index is -0.487. The third-order valence-corrected chi connectivity index (χ3v) is 3.51. The van der Waals surface area contributed by atoms with Crippen molar-refractivity contribution in [2.75, 3.05) is 7.11 Å². The molecule has 0 saturated heterocycles. The topological polar surface area (TPSA) is 79.9 Å². The van der Waals surface area contributed by atoms with E-state index >= 15 is 0 Å². The molecule has 0 amide bonds. The van der Waals surface area contributed by atoms with Crippen molar-refractivity contribution in [3.63, 3.8) is 0 Å². The van der Waals surface area contributed by atoms with Crippen LogP contribution >= 0.6 is 0 Å². The Morgan fingerprint density at radius 2 is 1.86 bits per heavy atom. The van der Waals surface area contributed by atoms with Crippen LogP contribution in [0.5, 0.6) is 17.2 Å². The maximum absolute atomic E-state index is 12.6. The molecule has 2 aromatic carbocycles. The zero-order chi connectivity index (χ0) is 15.9. The van der Waals surface area contributed by atoms with Gasteiger partial charge in [0.25, 0.3) is 0 Å². The van der Waals surface area contributed by atoms with Crippen LogP contribution in [-0.4, -0.2) is 17.3 Å². The molecule has 0 bridgehead atoms. The van der Waals surface area contributed by atoms with Gasteiger partial charge in [-0.1, -0.05) is 24.3 Å². The molecule has 22 heavy (non-hydrogen) atoms. The number of phenols is 2. The van der Waals surface area contributed by atoms with E-state index in [4.69, 9.17) is 9.15 Å². The Bertz CT molecular complexity index is 924. The molecule has 0 radical (unpaired) electrons. The molecule has 112 valence electrons. The number of phenolic OH excluding ortho intramolecular Hbond substituents is 2. The fraction of sp³-hybridized carbons (Fsp3) is 0.118. The highest BCUT2D eigenvalue weighted by Gasteiger charge is 2.20. The van der Waals surface area contributed by atoms with Gasteiger partial charge in [0.05, 0.1) is 7.11 Å². The summed E-state index contributed by atoms with van der Waals surface area (Å²) in [5.74, 6) is -0.252. The predicted molar refractivity (Wildman–Crippen MR) is 82.5 cm³/mol. The Balaban J connectivity index is 2.46. The fourth-order valence-corrected chi connectivity index (χ4v) is 2.46. The third-order valence-electron chi connectivity index (χ3n) is 3.51. The van der Waals surface area contributed by atoms with E-state index in [0.717, 1.165) is 11.6 Å². The lowest BCUT2D eigenvalue weighted by molar-refractivity contribution is 0.397. The minimum absolute atomic E-state index is 0.0165. The Labute approximate surface area is 126 Å². The average Bonchev–Trinajstić information content (AvgIpc) is 2.46. The van der Waals surface area contributed by atoms with Gasteiger partial charge in [-0.25, -0.2) is 0 Å². The van der Waals surface area contributed by atoms with Crippen LogP contribution in [0.1, 0.15) is 5.56 Å². The molecule has 0 atom stereocenters. The van der Waals surface area contributed by atoms with Crippen LogP contribution < -0.4 is 10.2 Å². The second kappa shape index (κ2) is 5.11. The third kappa shape index (κ3) is 2.07. The number of rotatable bonds is 2. The summed E-state index contributed by atoms with van der Waals surface area (Å²) >= 11 is 0. The van der Waals surface area contributed by atoms with E-state index in [1.54, 1.807) is 0 Å². The maximum Gasteiger partial charge on any atom is 0.239 e.